The molecule has 2 amide bonds. The number of hydrogen-bond donors (Lipinski definition) is 2. The zero-order valence-corrected chi connectivity index (χ0v) is 10.6. The van der Waals surface area contributed by atoms with Crippen LogP contribution in [0.15, 0.2) is 0 Å². The van der Waals surface area contributed by atoms with E-state index in [-0.39, 0.29) is 6.03 Å². The summed E-state index contributed by atoms with van der Waals surface area (Å²) in [6.45, 7) is 5.56. The molecule has 2 unspecified atom stereocenters. The summed E-state index contributed by atoms with van der Waals surface area (Å²) in [6, 6.07) is -0.990. The number of hydrogen-bond acceptors (Lipinski definition) is 2. The van der Waals surface area contributed by atoms with Gasteiger partial charge < -0.3 is 15.3 Å². The van der Waals surface area contributed by atoms with Crippen molar-refractivity contribution in [3.63, 3.8) is 0 Å². The summed E-state index contributed by atoms with van der Waals surface area (Å²) in [6.07, 6.45) is 3.25. The maximum atomic E-state index is 11.8. The standard InChI is InChI=1S/C12H22N2O3/c1-3-4-5-10(11(15)16)13-12(17)14-7-6-9(2)8-14/h9-10H,3-8H2,1-2H3,(H,13,17)(H,15,16). The van der Waals surface area contributed by atoms with Gasteiger partial charge >= 0.3 is 12.0 Å². The van der Waals surface area contributed by atoms with Crippen LogP contribution < -0.4 is 5.32 Å². The van der Waals surface area contributed by atoms with Crippen LogP contribution in [0, 0.1) is 5.92 Å². The van der Waals surface area contributed by atoms with Gasteiger partial charge in [-0.15, -0.1) is 0 Å². The van der Waals surface area contributed by atoms with Gasteiger partial charge in [-0.05, 0) is 18.8 Å². The number of urea groups is 1. The summed E-state index contributed by atoms with van der Waals surface area (Å²) in [7, 11) is 0. The maximum absolute atomic E-state index is 11.8. The summed E-state index contributed by atoms with van der Waals surface area (Å²) < 4.78 is 0. The van der Waals surface area contributed by atoms with Gasteiger partial charge in [0.15, 0.2) is 0 Å². The van der Waals surface area contributed by atoms with E-state index < -0.39 is 12.0 Å². The molecule has 1 aliphatic heterocycles. The lowest BCUT2D eigenvalue weighted by Crippen LogP contribution is -2.47. The largest absolute Gasteiger partial charge is 0.480 e. The summed E-state index contributed by atoms with van der Waals surface area (Å²) >= 11 is 0. The predicted octanol–water partition coefficient (Wildman–Crippen LogP) is 1.68. The minimum atomic E-state index is -0.945. The lowest BCUT2D eigenvalue weighted by atomic mass is 10.1. The topological polar surface area (TPSA) is 69.6 Å². The molecule has 0 aromatic heterocycles. The van der Waals surface area contributed by atoms with Gasteiger partial charge in [-0.3, -0.25) is 0 Å². The molecule has 17 heavy (non-hydrogen) atoms. The number of carboxylic acid groups (broad SMARTS) is 1. The number of likely N-dealkylation sites (tertiary alicyclic amines) is 1. The Morgan fingerprint density at radius 2 is 2.24 bits per heavy atom. The normalized spacial score (nSPS) is 21.3. The molecule has 1 rings (SSSR count). The van der Waals surface area contributed by atoms with Gasteiger partial charge in [-0.1, -0.05) is 26.7 Å². The average Bonchev–Trinajstić information content (AvgIpc) is 2.70. The van der Waals surface area contributed by atoms with Gasteiger partial charge in [-0.25, -0.2) is 9.59 Å². The highest BCUT2D eigenvalue weighted by molar-refractivity contribution is 5.82. The number of carbonyl (C=O) groups excluding carboxylic acids is 1. The molecule has 0 radical (unpaired) electrons. The van der Waals surface area contributed by atoms with E-state index in [2.05, 4.69) is 12.2 Å². The first-order valence-corrected chi connectivity index (χ1v) is 6.32. The Kier molecular flexibility index (Phi) is 5.25. The Labute approximate surface area is 102 Å². The van der Waals surface area contributed by atoms with Crippen molar-refractivity contribution in [1.29, 1.82) is 0 Å². The van der Waals surface area contributed by atoms with E-state index in [1.54, 1.807) is 4.90 Å². The van der Waals surface area contributed by atoms with E-state index in [0.29, 0.717) is 12.3 Å². The number of nitrogens with one attached hydrogen (secondary N) is 1. The Hall–Kier alpha value is -1.26. The highest BCUT2D eigenvalue weighted by Crippen LogP contribution is 2.15. The zero-order valence-electron chi connectivity index (χ0n) is 10.6. The fourth-order valence-electron chi connectivity index (χ4n) is 2.03. The van der Waals surface area contributed by atoms with E-state index in [4.69, 9.17) is 5.11 Å². The van der Waals surface area contributed by atoms with Crippen molar-refractivity contribution >= 4 is 12.0 Å². The van der Waals surface area contributed by atoms with E-state index in [1.165, 1.54) is 0 Å². The minimum absolute atomic E-state index is 0.238. The lowest BCUT2D eigenvalue weighted by molar-refractivity contribution is -0.139. The molecule has 0 aliphatic carbocycles. The molecule has 1 aliphatic rings. The van der Waals surface area contributed by atoms with E-state index in [9.17, 15) is 9.59 Å². The molecule has 0 aromatic rings. The molecule has 5 nitrogen and oxygen atoms in total. The number of unbranched alkanes of at least 4 members (excludes halogenated alkanes) is 1. The number of rotatable bonds is 5. The average molecular weight is 242 g/mol. The monoisotopic (exact) mass is 242 g/mol. The molecule has 0 saturated carbocycles. The van der Waals surface area contributed by atoms with E-state index in [0.717, 1.165) is 32.4 Å². The SMILES string of the molecule is CCCCC(NC(=O)N1CCC(C)C1)C(=O)O. The molecule has 2 N–H and O–H groups in total. The van der Waals surface area contributed by atoms with Crippen LogP contribution in [-0.4, -0.2) is 41.1 Å². The molecular formula is C12H22N2O3. The van der Waals surface area contributed by atoms with Crippen LogP contribution in [-0.2, 0) is 4.79 Å². The number of carbonyl (C=O) groups is 2. The summed E-state index contributed by atoms with van der Waals surface area (Å²) in [5.41, 5.74) is 0. The van der Waals surface area contributed by atoms with Crippen LogP contribution in [0.5, 0.6) is 0 Å². The van der Waals surface area contributed by atoms with Crippen molar-refractivity contribution in [2.24, 2.45) is 5.92 Å². The van der Waals surface area contributed by atoms with Crippen LogP contribution >= 0.6 is 0 Å². The van der Waals surface area contributed by atoms with E-state index in [1.807, 2.05) is 6.92 Å². The van der Waals surface area contributed by atoms with Gasteiger partial charge in [0.2, 0.25) is 0 Å². The molecule has 0 aromatic carbocycles. The van der Waals surface area contributed by atoms with E-state index >= 15 is 0 Å². The highest BCUT2D eigenvalue weighted by Gasteiger charge is 2.26. The molecular weight excluding hydrogens is 220 g/mol. The number of amides is 2. The van der Waals surface area contributed by atoms with Crippen LogP contribution in [0.3, 0.4) is 0 Å². The molecule has 0 bridgehead atoms. The minimum Gasteiger partial charge on any atom is -0.480 e. The molecule has 98 valence electrons. The Bertz CT molecular complexity index is 281. The quantitative estimate of drug-likeness (QED) is 0.770. The molecule has 2 atom stereocenters. The van der Waals surface area contributed by atoms with Gasteiger partial charge in [0.1, 0.15) is 6.04 Å². The number of nitrogens with zero attached hydrogens (tertiary/aromatic N) is 1. The van der Waals surface area contributed by atoms with Crippen molar-refractivity contribution < 1.29 is 14.7 Å². The van der Waals surface area contributed by atoms with Gasteiger partial charge in [0.05, 0.1) is 0 Å². The molecule has 1 heterocycles. The van der Waals surface area contributed by atoms with Crippen molar-refractivity contribution in [1.82, 2.24) is 10.2 Å². The smallest absolute Gasteiger partial charge is 0.326 e. The second-order valence-corrected chi connectivity index (χ2v) is 4.82. The van der Waals surface area contributed by atoms with Crippen LogP contribution in [0.1, 0.15) is 39.5 Å². The van der Waals surface area contributed by atoms with Gasteiger partial charge in [0, 0.05) is 13.1 Å². The molecule has 5 heteroatoms. The predicted molar refractivity (Wildman–Crippen MR) is 64.8 cm³/mol. The van der Waals surface area contributed by atoms with Crippen LogP contribution in [0.4, 0.5) is 4.79 Å². The molecule has 0 spiro atoms. The Balaban J connectivity index is 2.43. The second kappa shape index (κ2) is 6.47. The third kappa shape index (κ3) is 4.24. The van der Waals surface area contributed by atoms with Crippen LogP contribution in [0.2, 0.25) is 0 Å². The van der Waals surface area contributed by atoms with Gasteiger partial charge in [-0.2, -0.15) is 0 Å². The van der Waals surface area contributed by atoms with Crippen molar-refractivity contribution in [2.45, 2.75) is 45.6 Å². The molecule has 1 saturated heterocycles. The van der Waals surface area contributed by atoms with Crippen molar-refractivity contribution in [3.8, 4) is 0 Å². The zero-order chi connectivity index (χ0) is 12.8. The summed E-state index contributed by atoms with van der Waals surface area (Å²) in [5.74, 6) is -0.432. The highest BCUT2D eigenvalue weighted by atomic mass is 16.4. The fourth-order valence-corrected chi connectivity index (χ4v) is 2.03. The first-order chi connectivity index (χ1) is 8.04. The lowest BCUT2D eigenvalue weighted by Gasteiger charge is -2.20. The third-order valence-corrected chi connectivity index (χ3v) is 3.15. The van der Waals surface area contributed by atoms with Crippen LogP contribution in [0.25, 0.3) is 0 Å². The first kappa shape index (κ1) is 13.8. The Morgan fingerprint density at radius 3 is 2.71 bits per heavy atom. The van der Waals surface area contributed by atoms with Crippen molar-refractivity contribution in [3.05, 3.63) is 0 Å². The fraction of sp³-hybridized carbons (Fsp3) is 0.833. The maximum Gasteiger partial charge on any atom is 0.326 e. The number of aliphatic carboxylic acids is 1. The second-order valence-electron chi connectivity index (χ2n) is 4.82. The summed E-state index contributed by atoms with van der Waals surface area (Å²) in [4.78, 5) is 24.5. The first-order valence-electron chi connectivity index (χ1n) is 6.32. The number of carboxylic acids is 1. The van der Waals surface area contributed by atoms with Gasteiger partial charge in [0.25, 0.3) is 0 Å². The summed E-state index contributed by atoms with van der Waals surface area (Å²) in [5, 5.41) is 11.6. The Morgan fingerprint density at radius 1 is 1.53 bits per heavy atom. The van der Waals surface area contributed by atoms with Crippen molar-refractivity contribution in [2.75, 3.05) is 13.1 Å². The molecule has 1 fully saturated rings. The third-order valence-electron chi connectivity index (χ3n) is 3.15.